The van der Waals surface area contributed by atoms with Gasteiger partial charge in [0.1, 0.15) is 0 Å². The number of likely N-dealkylation sites (N-methyl/N-ethyl adjacent to an activating group) is 1. The van der Waals surface area contributed by atoms with Crippen LogP contribution in [-0.4, -0.2) is 29.1 Å². The monoisotopic (exact) mass is 178 g/mol. The van der Waals surface area contributed by atoms with Crippen molar-refractivity contribution in [2.24, 2.45) is 0 Å². The summed E-state index contributed by atoms with van der Waals surface area (Å²) in [6.07, 6.45) is 1.94. The molecule has 0 spiro atoms. The molecule has 0 aliphatic heterocycles. The molecule has 0 aromatic carbocycles. The predicted molar refractivity (Wildman–Crippen MR) is 46.8 cm³/mol. The van der Waals surface area contributed by atoms with Crippen molar-refractivity contribution in [2.45, 2.75) is 6.54 Å². The Morgan fingerprint density at radius 1 is 1.62 bits per heavy atom. The van der Waals surface area contributed by atoms with Gasteiger partial charge in [0, 0.05) is 13.2 Å². The topological polar surface area (TPSA) is 50.3 Å². The lowest BCUT2D eigenvalue weighted by Crippen LogP contribution is -2.27. The molecule has 0 unspecified atom stereocenters. The fourth-order valence-corrected chi connectivity index (χ4v) is 0.903. The van der Waals surface area contributed by atoms with Gasteiger partial charge < -0.3 is 4.90 Å². The maximum absolute atomic E-state index is 10.8. The molecule has 1 aromatic rings. The average molecular weight is 178 g/mol. The first-order valence-corrected chi connectivity index (χ1v) is 3.84. The molecule has 0 bridgehead atoms. The molecule has 0 radical (unpaired) electrons. The number of pyridine rings is 1. The lowest BCUT2D eigenvalue weighted by molar-refractivity contribution is -0.138. The number of amides is 1. The minimum atomic E-state index is -0.536. The van der Waals surface area contributed by atoms with Crippen LogP contribution in [0.1, 0.15) is 5.69 Å². The molecular weight excluding hydrogens is 168 g/mol. The summed E-state index contributed by atoms with van der Waals surface area (Å²) in [5, 5.41) is 0. The Hall–Kier alpha value is -1.71. The van der Waals surface area contributed by atoms with Crippen LogP contribution in [0.3, 0.4) is 0 Å². The lowest BCUT2D eigenvalue weighted by atomic mass is 10.3. The zero-order valence-corrected chi connectivity index (χ0v) is 7.30. The highest BCUT2D eigenvalue weighted by Gasteiger charge is 2.06. The minimum Gasteiger partial charge on any atom is -0.334 e. The van der Waals surface area contributed by atoms with Gasteiger partial charge in [-0.15, -0.1) is 0 Å². The first-order chi connectivity index (χ1) is 6.24. The average Bonchev–Trinajstić information content (AvgIpc) is 2.18. The summed E-state index contributed by atoms with van der Waals surface area (Å²) in [5.41, 5.74) is 0.764. The second-order valence-electron chi connectivity index (χ2n) is 2.63. The molecule has 1 rings (SSSR count). The van der Waals surface area contributed by atoms with Crippen molar-refractivity contribution in [2.75, 3.05) is 7.05 Å². The van der Waals surface area contributed by atoms with E-state index < -0.39 is 5.91 Å². The van der Waals surface area contributed by atoms with E-state index in [2.05, 4.69) is 4.98 Å². The smallest absolute Gasteiger partial charge is 0.286 e. The fraction of sp³-hybridized carbons (Fsp3) is 0.222. The van der Waals surface area contributed by atoms with E-state index >= 15 is 0 Å². The van der Waals surface area contributed by atoms with Crippen LogP contribution < -0.4 is 0 Å². The number of aldehydes is 1. The molecule has 1 amide bonds. The molecule has 1 aromatic heterocycles. The first-order valence-electron chi connectivity index (χ1n) is 3.84. The second-order valence-corrected chi connectivity index (χ2v) is 2.63. The SMILES string of the molecule is CN(Cc1ccccn1)C(=O)C=O. The summed E-state index contributed by atoms with van der Waals surface area (Å²) < 4.78 is 0. The highest BCUT2D eigenvalue weighted by atomic mass is 16.2. The van der Waals surface area contributed by atoms with Crippen molar-refractivity contribution in [3.8, 4) is 0 Å². The van der Waals surface area contributed by atoms with E-state index in [1.807, 2.05) is 6.07 Å². The van der Waals surface area contributed by atoms with Gasteiger partial charge in [-0.2, -0.15) is 0 Å². The number of carbonyl (C=O) groups excluding carboxylic acids is 2. The first kappa shape index (κ1) is 9.38. The number of rotatable bonds is 3. The molecule has 0 saturated heterocycles. The Morgan fingerprint density at radius 3 is 2.92 bits per heavy atom. The Morgan fingerprint density at radius 2 is 2.38 bits per heavy atom. The third-order valence-electron chi connectivity index (χ3n) is 1.60. The van der Waals surface area contributed by atoms with E-state index in [4.69, 9.17) is 0 Å². The van der Waals surface area contributed by atoms with Gasteiger partial charge in [-0.3, -0.25) is 14.6 Å². The van der Waals surface area contributed by atoms with E-state index in [1.165, 1.54) is 4.90 Å². The summed E-state index contributed by atoms with van der Waals surface area (Å²) in [4.78, 5) is 26.3. The number of carbonyl (C=O) groups is 2. The molecule has 13 heavy (non-hydrogen) atoms. The maximum Gasteiger partial charge on any atom is 0.286 e. The molecule has 0 saturated carbocycles. The van der Waals surface area contributed by atoms with Crippen molar-refractivity contribution in [3.05, 3.63) is 30.1 Å². The van der Waals surface area contributed by atoms with Crippen LogP contribution in [0.2, 0.25) is 0 Å². The lowest BCUT2D eigenvalue weighted by Gasteiger charge is -2.12. The Kier molecular flexibility index (Phi) is 3.14. The highest BCUT2D eigenvalue weighted by Crippen LogP contribution is 1.97. The molecule has 0 aliphatic carbocycles. The van der Waals surface area contributed by atoms with Crippen LogP contribution in [0.15, 0.2) is 24.4 Å². The molecule has 0 fully saturated rings. The van der Waals surface area contributed by atoms with Crippen molar-refractivity contribution in [3.63, 3.8) is 0 Å². The van der Waals surface area contributed by atoms with Crippen molar-refractivity contribution >= 4 is 12.2 Å². The molecule has 68 valence electrons. The molecule has 4 nitrogen and oxygen atoms in total. The summed E-state index contributed by atoms with van der Waals surface area (Å²) in [6.45, 7) is 0.360. The third-order valence-corrected chi connectivity index (χ3v) is 1.60. The van der Waals surface area contributed by atoms with Gasteiger partial charge >= 0.3 is 0 Å². The van der Waals surface area contributed by atoms with Crippen LogP contribution >= 0.6 is 0 Å². The van der Waals surface area contributed by atoms with Gasteiger partial charge in [-0.25, -0.2) is 0 Å². The van der Waals surface area contributed by atoms with E-state index in [-0.39, 0.29) is 0 Å². The summed E-state index contributed by atoms with van der Waals surface area (Å²) in [7, 11) is 1.56. The largest absolute Gasteiger partial charge is 0.334 e. The maximum atomic E-state index is 10.8. The number of hydrogen-bond donors (Lipinski definition) is 0. The molecule has 4 heteroatoms. The van der Waals surface area contributed by atoms with Crippen LogP contribution in [0, 0.1) is 0 Å². The van der Waals surface area contributed by atoms with Gasteiger partial charge in [-0.1, -0.05) is 6.07 Å². The highest BCUT2D eigenvalue weighted by molar-refractivity contribution is 6.23. The van der Waals surface area contributed by atoms with Gasteiger partial charge in [0.05, 0.1) is 12.2 Å². The Labute approximate surface area is 76.2 Å². The normalized spacial score (nSPS) is 9.31. The van der Waals surface area contributed by atoms with E-state index in [9.17, 15) is 9.59 Å². The molecule has 0 atom stereocenters. The standard InChI is InChI=1S/C9H10N2O2/c1-11(9(13)7-12)6-8-4-2-3-5-10-8/h2-5,7H,6H2,1H3. The third kappa shape index (κ3) is 2.66. The second kappa shape index (κ2) is 4.35. The number of hydrogen-bond acceptors (Lipinski definition) is 3. The summed E-state index contributed by atoms with van der Waals surface area (Å²) in [6, 6.07) is 5.43. The van der Waals surface area contributed by atoms with Crippen molar-refractivity contribution in [1.82, 2.24) is 9.88 Å². The zero-order valence-electron chi connectivity index (χ0n) is 7.30. The summed E-state index contributed by atoms with van der Waals surface area (Å²) >= 11 is 0. The van der Waals surface area contributed by atoms with E-state index in [0.717, 1.165) is 5.69 Å². The van der Waals surface area contributed by atoms with Crippen LogP contribution in [0.5, 0.6) is 0 Å². The van der Waals surface area contributed by atoms with Crippen LogP contribution in [0.4, 0.5) is 0 Å². The minimum absolute atomic E-state index is 0.295. The van der Waals surface area contributed by atoms with E-state index in [1.54, 1.807) is 25.4 Å². The fourth-order valence-electron chi connectivity index (χ4n) is 0.903. The van der Waals surface area contributed by atoms with Crippen LogP contribution in [-0.2, 0) is 16.1 Å². The Bertz CT molecular complexity index is 298. The number of nitrogens with zero attached hydrogens (tertiary/aromatic N) is 2. The zero-order chi connectivity index (χ0) is 9.68. The molecule has 1 heterocycles. The molecule has 0 N–H and O–H groups in total. The van der Waals surface area contributed by atoms with Crippen molar-refractivity contribution in [1.29, 1.82) is 0 Å². The summed E-state index contributed by atoms with van der Waals surface area (Å²) in [5.74, 6) is -0.536. The Balaban J connectivity index is 2.60. The van der Waals surface area contributed by atoms with E-state index in [0.29, 0.717) is 12.8 Å². The van der Waals surface area contributed by atoms with Gasteiger partial charge in [0.15, 0.2) is 0 Å². The molecular formula is C9H10N2O2. The van der Waals surface area contributed by atoms with Gasteiger partial charge in [0.2, 0.25) is 6.29 Å². The van der Waals surface area contributed by atoms with Crippen molar-refractivity contribution < 1.29 is 9.59 Å². The van der Waals surface area contributed by atoms with Gasteiger partial charge in [0.25, 0.3) is 5.91 Å². The van der Waals surface area contributed by atoms with Crippen LogP contribution in [0.25, 0.3) is 0 Å². The van der Waals surface area contributed by atoms with Gasteiger partial charge in [-0.05, 0) is 12.1 Å². The molecule has 0 aliphatic rings. The number of aromatic nitrogens is 1. The predicted octanol–water partition coefficient (Wildman–Crippen LogP) is 0.239. The quantitative estimate of drug-likeness (QED) is 0.492.